The summed E-state index contributed by atoms with van der Waals surface area (Å²) in [6.07, 6.45) is 0. The molecule has 0 aromatic carbocycles. The minimum Gasteiger partial charge on any atom is -0.370 e. The lowest BCUT2D eigenvalue weighted by molar-refractivity contribution is 0.854. The molecule has 0 fully saturated rings. The highest BCUT2D eigenvalue weighted by atomic mass is 32.1. The van der Waals surface area contributed by atoms with Crippen LogP contribution >= 0.6 is 11.3 Å². The second kappa shape index (κ2) is 5.83. The Balaban J connectivity index is 2.14. The summed E-state index contributed by atoms with van der Waals surface area (Å²) in [5.74, 6) is 1.67. The molecular formula is C12H18N6S. The van der Waals surface area contributed by atoms with Gasteiger partial charge in [0.15, 0.2) is 0 Å². The average molecular weight is 278 g/mol. The summed E-state index contributed by atoms with van der Waals surface area (Å²) in [5, 5.41) is 9.47. The normalized spacial score (nSPS) is 12.2. The van der Waals surface area contributed by atoms with Crippen molar-refractivity contribution in [3.8, 4) is 0 Å². The number of hydrogen-bond acceptors (Lipinski definition) is 7. The molecule has 2 aromatic rings. The number of aromatic nitrogens is 3. The van der Waals surface area contributed by atoms with Crippen LogP contribution in [0.15, 0.2) is 11.4 Å². The monoisotopic (exact) mass is 278 g/mol. The van der Waals surface area contributed by atoms with Crippen LogP contribution in [0.3, 0.4) is 0 Å². The predicted molar refractivity (Wildman–Crippen MR) is 79.5 cm³/mol. The first-order chi connectivity index (χ1) is 9.08. The van der Waals surface area contributed by atoms with Gasteiger partial charge in [0, 0.05) is 23.7 Å². The number of aryl methyl sites for hydroxylation is 1. The Bertz CT molecular complexity index is 553. The van der Waals surface area contributed by atoms with Crippen molar-refractivity contribution in [2.24, 2.45) is 0 Å². The maximum atomic E-state index is 5.69. The molecular weight excluding hydrogens is 260 g/mol. The van der Waals surface area contributed by atoms with E-state index in [0.29, 0.717) is 5.82 Å². The Kier molecular flexibility index (Phi) is 4.16. The van der Waals surface area contributed by atoms with Crippen molar-refractivity contribution in [1.29, 1.82) is 0 Å². The van der Waals surface area contributed by atoms with E-state index in [0.717, 1.165) is 23.1 Å². The maximum Gasteiger partial charge on any atom is 0.223 e. The Morgan fingerprint density at radius 3 is 2.68 bits per heavy atom. The number of hydrogen-bond donors (Lipinski definition) is 3. The van der Waals surface area contributed by atoms with E-state index < -0.39 is 0 Å². The second-order valence-corrected chi connectivity index (χ2v) is 5.11. The molecule has 0 aliphatic carbocycles. The molecule has 0 radical (unpaired) electrons. The fourth-order valence-corrected chi connectivity index (χ4v) is 2.47. The molecule has 0 saturated carbocycles. The van der Waals surface area contributed by atoms with Crippen molar-refractivity contribution in [3.63, 3.8) is 0 Å². The van der Waals surface area contributed by atoms with E-state index in [1.165, 1.54) is 0 Å². The van der Waals surface area contributed by atoms with Crippen molar-refractivity contribution >= 4 is 28.9 Å². The van der Waals surface area contributed by atoms with E-state index in [1.807, 2.05) is 32.2 Å². The van der Waals surface area contributed by atoms with Crippen LogP contribution in [-0.4, -0.2) is 21.5 Å². The lowest BCUT2D eigenvalue weighted by Crippen LogP contribution is -2.11. The third kappa shape index (κ3) is 3.54. The van der Waals surface area contributed by atoms with Gasteiger partial charge in [-0.3, -0.25) is 0 Å². The third-order valence-electron chi connectivity index (χ3n) is 2.47. The number of nitrogens with zero attached hydrogens (tertiary/aromatic N) is 3. The molecule has 1 unspecified atom stereocenters. The fraction of sp³-hybridized carbons (Fsp3) is 0.417. The highest BCUT2D eigenvalue weighted by molar-refractivity contribution is 7.09. The van der Waals surface area contributed by atoms with Gasteiger partial charge < -0.3 is 16.4 Å². The summed E-state index contributed by atoms with van der Waals surface area (Å²) in [7, 11) is 0. The molecule has 0 aliphatic rings. The van der Waals surface area contributed by atoms with E-state index in [1.54, 1.807) is 11.3 Å². The van der Waals surface area contributed by atoms with Crippen molar-refractivity contribution in [2.45, 2.75) is 26.8 Å². The lowest BCUT2D eigenvalue weighted by Gasteiger charge is -2.13. The highest BCUT2D eigenvalue weighted by Gasteiger charge is 2.11. The second-order valence-electron chi connectivity index (χ2n) is 4.22. The van der Waals surface area contributed by atoms with Gasteiger partial charge in [0.05, 0.1) is 6.04 Å². The number of thiazole rings is 1. The van der Waals surface area contributed by atoms with Gasteiger partial charge in [-0.1, -0.05) is 0 Å². The molecule has 0 bridgehead atoms. The van der Waals surface area contributed by atoms with Gasteiger partial charge in [0.2, 0.25) is 5.95 Å². The van der Waals surface area contributed by atoms with Crippen LogP contribution < -0.4 is 16.4 Å². The maximum absolute atomic E-state index is 5.69. The molecule has 19 heavy (non-hydrogen) atoms. The number of nitrogen functional groups attached to an aromatic ring is 1. The van der Waals surface area contributed by atoms with Gasteiger partial charge >= 0.3 is 0 Å². The van der Waals surface area contributed by atoms with Crippen LogP contribution in [0.25, 0.3) is 0 Å². The molecule has 2 heterocycles. The Labute approximate surface area is 116 Å². The fourth-order valence-electron chi connectivity index (χ4n) is 1.67. The third-order valence-corrected chi connectivity index (χ3v) is 3.62. The zero-order chi connectivity index (χ0) is 13.8. The summed E-state index contributed by atoms with van der Waals surface area (Å²) in [4.78, 5) is 12.7. The molecule has 4 N–H and O–H groups in total. The van der Waals surface area contributed by atoms with Gasteiger partial charge in [-0.15, -0.1) is 11.3 Å². The summed E-state index contributed by atoms with van der Waals surface area (Å²) >= 11 is 1.63. The number of anilines is 3. The van der Waals surface area contributed by atoms with E-state index >= 15 is 0 Å². The molecule has 7 heteroatoms. The number of nitrogens with one attached hydrogen (secondary N) is 2. The van der Waals surface area contributed by atoms with E-state index in [-0.39, 0.29) is 12.0 Å². The zero-order valence-corrected chi connectivity index (χ0v) is 12.1. The predicted octanol–water partition coefficient (Wildman–Crippen LogP) is 2.43. The summed E-state index contributed by atoms with van der Waals surface area (Å²) in [5.41, 5.74) is 6.72. The van der Waals surface area contributed by atoms with Crippen molar-refractivity contribution in [2.75, 3.05) is 22.9 Å². The van der Waals surface area contributed by atoms with Crippen LogP contribution in [0, 0.1) is 6.92 Å². The first-order valence-corrected chi connectivity index (χ1v) is 7.03. The van der Waals surface area contributed by atoms with Crippen LogP contribution in [0.1, 0.15) is 30.6 Å². The topological polar surface area (TPSA) is 88.8 Å². The first-order valence-electron chi connectivity index (χ1n) is 6.15. The highest BCUT2D eigenvalue weighted by Crippen LogP contribution is 2.22. The molecule has 6 nitrogen and oxygen atoms in total. The summed E-state index contributed by atoms with van der Waals surface area (Å²) < 4.78 is 0. The zero-order valence-electron chi connectivity index (χ0n) is 11.3. The van der Waals surface area contributed by atoms with Crippen molar-refractivity contribution < 1.29 is 0 Å². The van der Waals surface area contributed by atoms with Gasteiger partial charge in [-0.25, -0.2) is 4.98 Å². The molecule has 0 amide bonds. The van der Waals surface area contributed by atoms with E-state index in [2.05, 4.69) is 25.6 Å². The molecule has 1 atom stereocenters. The smallest absolute Gasteiger partial charge is 0.223 e. The summed E-state index contributed by atoms with van der Waals surface area (Å²) in [6.45, 7) is 6.83. The molecule has 2 rings (SSSR count). The molecule has 0 saturated heterocycles. The standard InChI is InChI=1S/C12H18N6S/c1-4-14-9-5-10(18-12(13)17-9)16-8(3)11-15-7(2)6-19-11/h5-6,8H,4H2,1-3H3,(H4,13,14,16,17,18). The SMILES string of the molecule is CCNc1cc(NC(C)c2nc(C)cs2)nc(N)n1. The van der Waals surface area contributed by atoms with Crippen LogP contribution in [0.5, 0.6) is 0 Å². The number of rotatable bonds is 5. The van der Waals surface area contributed by atoms with Crippen LogP contribution in [0.4, 0.5) is 17.6 Å². The Morgan fingerprint density at radius 2 is 2.05 bits per heavy atom. The Morgan fingerprint density at radius 1 is 1.32 bits per heavy atom. The van der Waals surface area contributed by atoms with Crippen molar-refractivity contribution in [3.05, 3.63) is 22.1 Å². The van der Waals surface area contributed by atoms with Crippen LogP contribution in [-0.2, 0) is 0 Å². The van der Waals surface area contributed by atoms with Gasteiger partial charge in [0.1, 0.15) is 16.6 Å². The molecule has 0 spiro atoms. The lowest BCUT2D eigenvalue weighted by atomic mass is 10.3. The van der Waals surface area contributed by atoms with Gasteiger partial charge in [-0.05, 0) is 20.8 Å². The largest absolute Gasteiger partial charge is 0.370 e. The quantitative estimate of drug-likeness (QED) is 0.778. The van der Waals surface area contributed by atoms with E-state index in [9.17, 15) is 0 Å². The van der Waals surface area contributed by atoms with Gasteiger partial charge in [-0.2, -0.15) is 9.97 Å². The minimum atomic E-state index is 0.0856. The Hall–Kier alpha value is -1.89. The van der Waals surface area contributed by atoms with Crippen molar-refractivity contribution in [1.82, 2.24) is 15.0 Å². The molecule has 102 valence electrons. The average Bonchev–Trinajstić information content (AvgIpc) is 2.75. The van der Waals surface area contributed by atoms with Crippen LogP contribution in [0.2, 0.25) is 0 Å². The van der Waals surface area contributed by atoms with E-state index in [4.69, 9.17) is 5.73 Å². The summed E-state index contributed by atoms with van der Waals surface area (Å²) in [6, 6.07) is 1.93. The van der Waals surface area contributed by atoms with Gasteiger partial charge in [0.25, 0.3) is 0 Å². The number of nitrogens with two attached hydrogens (primary N) is 1. The molecule has 0 aliphatic heterocycles. The molecule has 2 aromatic heterocycles. The minimum absolute atomic E-state index is 0.0856. The first kappa shape index (κ1) is 13.5.